The van der Waals surface area contributed by atoms with Crippen LogP contribution in [0.4, 0.5) is 24.8 Å². The van der Waals surface area contributed by atoms with Gasteiger partial charge in [-0.25, -0.2) is 9.97 Å². The molecule has 0 radical (unpaired) electrons. The second kappa shape index (κ2) is 11.0. The number of halogens is 3. The average Bonchev–Trinajstić information content (AvgIpc) is 3.35. The molecule has 4 aromatic rings. The highest BCUT2D eigenvalue weighted by molar-refractivity contribution is 5.92. The van der Waals surface area contributed by atoms with E-state index in [2.05, 4.69) is 46.5 Å². The molecule has 41 heavy (non-hydrogen) atoms. The van der Waals surface area contributed by atoms with E-state index in [-0.39, 0.29) is 11.4 Å². The van der Waals surface area contributed by atoms with Crippen molar-refractivity contribution in [3.8, 4) is 11.4 Å². The van der Waals surface area contributed by atoms with Crippen LogP contribution in [-0.2, 0) is 12.7 Å². The van der Waals surface area contributed by atoms with Crippen LogP contribution in [0.3, 0.4) is 0 Å². The lowest BCUT2D eigenvalue weighted by molar-refractivity contribution is -0.137. The maximum Gasteiger partial charge on any atom is 0.417 e. The zero-order valence-corrected chi connectivity index (χ0v) is 22.5. The number of aryl methyl sites for hydroxylation is 1. The summed E-state index contributed by atoms with van der Waals surface area (Å²) < 4.78 is 43.8. The minimum Gasteiger partial charge on any atom is -0.322 e. The fraction of sp³-hybridized carbons (Fsp3) is 0.182. The van der Waals surface area contributed by atoms with Gasteiger partial charge >= 0.3 is 6.18 Å². The first-order chi connectivity index (χ1) is 19.9. The highest BCUT2D eigenvalue weighted by Gasteiger charge is 2.34. The van der Waals surface area contributed by atoms with Crippen molar-refractivity contribution in [1.29, 1.82) is 0 Å². The Morgan fingerprint density at radius 1 is 0.829 bits per heavy atom. The summed E-state index contributed by atoms with van der Waals surface area (Å²) >= 11 is 0. The quantitative estimate of drug-likeness (QED) is 0.290. The minimum atomic E-state index is -4.54. The third kappa shape index (κ3) is 5.25. The van der Waals surface area contributed by atoms with E-state index in [1.807, 2.05) is 47.2 Å². The van der Waals surface area contributed by atoms with Crippen molar-refractivity contribution in [1.82, 2.24) is 19.7 Å². The molecule has 0 unspecified atom stereocenters. The largest absolute Gasteiger partial charge is 0.417 e. The van der Waals surface area contributed by atoms with Crippen LogP contribution in [-0.4, -0.2) is 19.7 Å². The molecule has 0 saturated heterocycles. The molecule has 0 fully saturated rings. The van der Waals surface area contributed by atoms with E-state index in [9.17, 15) is 13.2 Å². The lowest BCUT2D eigenvalue weighted by atomic mass is 10.0. The number of para-hydroxylation sites is 1. The molecule has 2 aliphatic rings. The monoisotopic (exact) mass is 551 g/mol. The first-order valence-electron chi connectivity index (χ1n) is 13.6. The Kier molecular flexibility index (Phi) is 7.14. The van der Waals surface area contributed by atoms with E-state index in [1.54, 1.807) is 12.1 Å². The predicted molar refractivity (Wildman–Crippen MR) is 158 cm³/mol. The Hall–Kier alpha value is -4.72. The first kappa shape index (κ1) is 26.5. The zero-order valence-electron chi connectivity index (χ0n) is 22.5. The molecule has 0 spiro atoms. The van der Waals surface area contributed by atoms with Crippen molar-refractivity contribution in [3.63, 3.8) is 0 Å². The van der Waals surface area contributed by atoms with Crippen LogP contribution < -0.4 is 15.9 Å². The molecular formula is C33H28F3N5. The topological polar surface area (TPSA) is 55.6 Å². The van der Waals surface area contributed by atoms with Crippen molar-refractivity contribution in [2.45, 2.75) is 38.9 Å². The van der Waals surface area contributed by atoms with E-state index >= 15 is 0 Å². The molecule has 0 amide bonds. The van der Waals surface area contributed by atoms with Crippen molar-refractivity contribution < 1.29 is 13.2 Å². The summed E-state index contributed by atoms with van der Waals surface area (Å²) in [4.78, 5) is 9.22. The molecule has 2 aromatic carbocycles. The van der Waals surface area contributed by atoms with Crippen molar-refractivity contribution in [2.75, 3.05) is 5.32 Å². The van der Waals surface area contributed by atoms with Crippen LogP contribution in [0.5, 0.6) is 0 Å². The molecular weight excluding hydrogens is 523 g/mol. The third-order valence-electron chi connectivity index (χ3n) is 7.09. The molecule has 0 atom stereocenters. The highest BCUT2D eigenvalue weighted by atomic mass is 19.4. The molecule has 0 saturated carbocycles. The number of hydrogen-bond acceptors (Lipinski definition) is 4. The third-order valence-corrected chi connectivity index (χ3v) is 7.09. The van der Waals surface area contributed by atoms with Gasteiger partial charge in [0.05, 0.1) is 16.4 Å². The van der Waals surface area contributed by atoms with E-state index in [0.29, 0.717) is 29.1 Å². The van der Waals surface area contributed by atoms with Crippen LogP contribution in [0, 0.1) is 0 Å². The van der Waals surface area contributed by atoms with Gasteiger partial charge in [-0.1, -0.05) is 85.9 Å². The smallest absolute Gasteiger partial charge is 0.322 e. The second-order valence-corrected chi connectivity index (χ2v) is 9.91. The van der Waals surface area contributed by atoms with Crippen molar-refractivity contribution in [3.05, 3.63) is 113 Å². The Labute approximate surface area is 235 Å². The van der Waals surface area contributed by atoms with Gasteiger partial charge in [0.15, 0.2) is 11.6 Å². The van der Waals surface area contributed by atoms with Crippen LogP contribution in [0.2, 0.25) is 0 Å². The molecule has 6 rings (SSSR count). The van der Waals surface area contributed by atoms with Gasteiger partial charge in [-0.15, -0.1) is 0 Å². The fourth-order valence-electron chi connectivity index (χ4n) is 5.27. The number of nitrogens with one attached hydrogen (secondary N) is 1. The van der Waals surface area contributed by atoms with E-state index in [1.165, 1.54) is 12.1 Å². The maximum absolute atomic E-state index is 13.9. The number of aromatic nitrogens is 4. The van der Waals surface area contributed by atoms with Crippen LogP contribution in [0.1, 0.15) is 31.7 Å². The Balaban J connectivity index is 1.61. The normalized spacial score (nSPS) is 17.5. The maximum atomic E-state index is 13.9. The average molecular weight is 552 g/mol. The van der Waals surface area contributed by atoms with Gasteiger partial charge in [0.25, 0.3) is 0 Å². The second-order valence-electron chi connectivity index (χ2n) is 9.91. The van der Waals surface area contributed by atoms with E-state index in [4.69, 9.17) is 5.10 Å². The summed E-state index contributed by atoms with van der Waals surface area (Å²) in [5.41, 5.74) is 1.94. The SMILES string of the molecule is CCCn1nc(Nc2nc(-c3ccccc3C(F)(F)F)nc3ccccc23)c(=C2C=CC=CC2)c1=C1C=CC=CC1. The molecule has 206 valence electrons. The highest BCUT2D eigenvalue weighted by Crippen LogP contribution is 2.37. The molecule has 1 N–H and O–H groups in total. The number of rotatable bonds is 5. The molecule has 2 aliphatic carbocycles. The van der Waals surface area contributed by atoms with Gasteiger partial charge in [0, 0.05) is 22.7 Å². The predicted octanol–water partition coefficient (Wildman–Crippen LogP) is 7.00. The molecule has 5 nitrogen and oxygen atoms in total. The zero-order chi connectivity index (χ0) is 28.4. The number of hydrogen-bond donors (Lipinski definition) is 1. The summed E-state index contributed by atoms with van der Waals surface area (Å²) in [5, 5.41) is 11.2. The summed E-state index contributed by atoms with van der Waals surface area (Å²) in [6, 6.07) is 12.7. The minimum absolute atomic E-state index is 0.00300. The Morgan fingerprint density at radius 2 is 1.54 bits per heavy atom. The summed E-state index contributed by atoms with van der Waals surface area (Å²) in [7, 11) is 0. The molecule has 8 heteroatoms. The van der Waals surface area contributed by atoms with Gasteiger partial charge in [-0.2, -0.15) is 18.3 Å². The number of alkyl halides is 3. The van der Waals surface area contributed by atoms with Gasteiger partial charge in [0.2, 0.25) is 0 Å². The first-order valence-corrected chi connectivity index (χ1v) is 13.6. The molecule has 2 aromatic heterocycles. The van der Waals surface area contributed by atoms with Gasteiger partial charge in [-0.3, -0.25) is 4.68 Å². The number of nitrogens with zero attached hydrogens (tertiary/aromatic N) is 4. The molecule has 0 aliphatic heterocycles. The van der Waals surface area contributed by atoms with E-state index in [0.717, 1.165) is 47.0 Å². The van der Waals surface area contributed by atoms with Gasteiger partial charge in [-0.05, 0) is 48.6 Å². The number of fused-ring (bicyclic) bond motifs is 1. The van der Waals surface area contributed by atoms with Crippen molar-refractivity contribution in [2.24, 2.45) is 0 Å². The standard InChI is InChI=1S/C33H28F3N5/c1-2-21-41-29(23-15-7-4-8-16-23)28(22-13-5-3-6-14-22)32(40-41)39-31-25-18-10-12-20-27(25)37-30(38-31)24-17-9-11-19-26(24)33(34,35)36/h3-13,15,17-20H,2,14,16,21H2,1H3,(H,37,38,39,40). The number of allylic oxidation sites excluding steroid dienone is 8. The number of benzene rings is 2. The summed E-state index contributed by atoms with van der Waals surface area (Å²) in [6.45, 7) is 2.82. The van der Waals surface area contributed by atoms with Crippen molar-refractivity contribution >= 4 is 33.7 Å². The number of anilines is 2. The molecule has 0 bridgehead atoms. The lowest BCUT2D eigenvalue weighted by Gasteiger charge is -2.14. The lowest BCUT2D eigenvalue weighted by Crippen LogP contribution is -2.34. The van der Waals surface area contributed by atoms with Crippen LogP contribution in [0.15, 0.2) is 97.1 Å². The fourth-order valence-corrected chi connectivity index (χ4v) is 5.27. The van der Waals surface area contributed by atoms with Gasteiger partial charge < -0.3 is 5.32 Å². The Bertz CT molecular complexity index is 1870. The van der Waals surface area contributed by atoms with Gasteiger partial charge in [0.1, 0.15) is 5.82 Å². The Morgan fingerprint density at radius 3 is 2.24 bits per heavy atom. The van der Waals surface area contributed by atoms with E-state index < -0.39 is 11.7 Å². The summed E-state index contributed by atoms with van der Waals surface area (Å²) in [6.07, 6.45) is 14.4. The van der Waals surface area contributed by atoms with Crippen LogP contribution in [0.25, 0.3) is 33.4 Å². The summed E-state index contributed by atoms with van der Waals surface area (Å²) in [5.74, 6) is 1.01. The molecule has 2 heterocycles. The van der Waals surface area contributed by atoms with Crippen LogP contribution >= 0.6 is 0 Å².